The highest BCUT2D eigenvalue weighted by molar-refractivity contribution is 7.91. The monoisotopic (exact) mass is 425 g/mol. The molecule has 0 atom stereocenters. The van der Waals surface area contributed by atoms with Gasteiger partial charge in [-0.3, -0.25) is 0 Å². The predicted octanol–water partition coefficient (Wildman–Crippen LogP) is 2.37. The number of sulfone groups is 1. The Morgan fingerprint density at radius 1 is 1.03 bits per heavy atom. The molecule has 1 saturated heterocycles. The zero-order valence-electron chi connectivity index (χ0n) is 17.5. The van der Waals surface area contributed by atoms with Crippen LogP contribution in [0.1, 0.15) is 30.3 Å². The second-order valence-corrected chi connectivity index (χ2v) is 10.1. The third kappa shape index (κ3) is 3.01. The maximum Gasteiger partial charge on any atom is 0.212 e. The third-order valence-electron chi connectivity index (χ3n) is 6.25. The van der Waals surface area contributed by atoms with Gasteiger partial charge >= 0.3 is 0 Å². The molecular weight excluding hydrogens is 398 g/mol. The first-order valence-corrected chi connectivity index (χ1v) is 12.2. The van der Waals surface area contributed by atoms with Crippen molar-refractivity contribution in [1.29, 1.82) is 0 Å². The molecule has 0 radical (unpaired) electrons. The van der Waals surface area contributed by atoms with Crippen molar-refractivity contribution in [2.75, 3.05) is 38.1 Å². The predicted molar refractivity (Wildman–Crippen MR) is 116 cm³/mol. The van der Waals surface area contributed by atoms with Gasteiger partial charge in [-0.05, 0) is 44.9 Å². The normalized spacial score (nSPS) is 17.6. The van der Waals surface area contributed by atoms with Crippen molar-refractivity contribution in [3.8, 4) is 0 Å². The van der Waals surface area contributed by atoms with E-state index in [1.54, 1.807) is 24.3 Å². The Morgan fingerprint density at radius 2 is 1.77 bits per heavy atom. The Morgan fingerprint density at radius 3 is 2.47 bits per heavy atom. The van der Waals surface area contributed by atoms with Gasteiger partial charge < -0.3 is 9.80 Å². The van der Waals surface area contributed by atoms with Crippen LogP contribution in [0.2, 0.25) is 0 Å². The molecule has 1 aliphatic carbocycles. The lowest BCUT2D eigenvalue weighted by Gasteiger charge is -2.35. The molecule has 1 aromatic carbocycles. The number of aryl methyl sites for hydroxylation is 2. The molecule has 2 aromatic heterocycles. The smallest absolute Gasteiger partial charge is 0.212 e. The summed E-state index contributed by atoms with van der Waals surface area (Å²) < 4.78 is 29.0. The molecule has 8 heteroatoms. The number of likely N-dealkylation sites (N-methyl/N-ethyl adjacent to an activating group) is 1. The molecule has 3 heterocycles. The Bertz CT molecular complexity index is 1200. The first-order valence-electron chi connectivity index (χ1n) is 10.7. The largest absolute Gasteiger partial charge is 0.354 e. The van der Waals surface area contributed by atoms with E-state index in [1.165, 1.54) is 5.56 Å². The average Bonchev–Trinajstić information content (AvgIpc) is 3.37. The van der Waals surface area contributed by atoms with E-state index >= 15 is 0 Å². The Kier molecular flexibility index (Phi) is 4.78. The van der Waals surface area contributed by atoms with E-state index in [4.69, 9.17) is 10.1 Å². The average molecular weight is 426 g/mol. The fourth-order valence-electron chi connectivity index (χ4n) is 4.60. The Balaban J connectivity index is 1.77. The van der Waals surface area contributed by atoms with E-state index in [0.717, 1.165) is 57.0 Å². The van der Waals surface area contributed by atoms with Gasteiger partial charge in [-0.25, -0.2) is 13.4 Å². The quantitative estimate of drug-likeness (QED) is 0.639. The molecule has 0 unspecified atom stereocenters. The summed E-state index contributed by atoms with van der Waals surface area (Å²) in [5, 5.41) is 4.81. The number of benzene rings is 1. The maximum atomic E-state index is 13.6. The van der Waals surface area contributed by atoms with E-state index in [0.29, 0.717) is 17.8 Å². The van der Waals surface area contributed by atoms with Crippen molar-refractivity contribution in [2.45, 2.75) is 42.4 Å². The molecule has 1 fully saturated rings. The number of rotatable bonds is 4. The number of hydrogen-bond donors (Lipinski definition) is 0. The minimum Gasteiger partial charge on any atom is -0.354 e. The van der Waals surface area contributed by atoms with Crippen molar-refractivity contribution in [3.05, 3.63) is 47.3 Å². The molecule has 2 aliphatic rings. The SMILES string of the molecule is CCc1nn2c(N3CCN(C)CC3)c3c(nc2c1S(=O)(=O)c1ccccc1)CCC3. The first-order chi connectivity index (χ1) is 14.5. The zero-order chi connectivity index (χ0) is 20.9. The van der Waals surface area contributed by atoms with Crippen LogP contribution >= 0.6 is 0 Å². The van der Waals surface area contributed by atoms with E-state index in [-0.39, 0.29) is 9.79 Å². The second kappa shape index (κ2) is 7.35. The van der Waals surface area contributed by atoms with Crippen molar-refractivity contribution < 1.29 is 8.42 Å². The van der Waals surface area contributed by atoms with Gasteiger partial charge in [0.2, 0.25) is 9.84 Å². The third-order valence-corrected chi connectivity index (χ3v) is 8.09. The van der Waals surface area contributed by atoms with Crippen LogP contribution in [0.3, 0.4) is 0 Å². The van der Waals surface area contributed by atoms with Crippen LogP contribution in [0.15, 0.2) is 40.1 Å². The number of aromatic nitrogens is 3. The molecule has 3 aromatic rings. The molecular formula is C22H27N5O2S. The van der Waals surface area contributed by atoms with Crippen molar-refractivity contribution in [1.82, 2.24) is 19.5 Å². The van der Waals surface area contributed by atoms with Crippen LogP contribution in [0, 0.1) is 0 Å². The first kappa shape index (κ1) is 19.5. The molecule has 30 heavy (non-hydrogen) atoms. The van der Waals surface area contributed by atoms with Crippen LogP contribution in [0.5, 0.6) is 0 Å². The number of piperazine rings is 1. The highest BCUT2D eigenvalue weighted by Gasteiger charge is 2.33. The summed E-state index contributed by atoms with van der Waals surface area (Å²) in [7, 11) is -1.57. The molecule has 0 N–H and O–H groups in total. The van der Waals surface area contributed by atoms with E-state index in [2.05, 4.69) is 16.8 Å². The van der Waals surface area contributed by atoms with Crippen LogP contribution < -0.4 is 4.90 Å². The Labute approximate surface area is 177 Å². The molecule has 0 amide bonds. The van der Waals surface area contributed by atoms with Gasteiger partial charge in [-0.15, -0.1) is 0 Å². The van der Waals surface area contributed by atoms with Gasteiger partial charge in [0.15, 0.2) is 5.65 Å². The minimum atomic E-state index is -3.71. The summed E-state index contributed by atoms with van der Waals surface area (Å²) in [6, 6.07) is 8.63. The Hall–Kier alpha value is -2.45. The van der Waals surface area contributed by atoms with Gasteiger partial charge in [0, 0.05) is 37.4 Å². The minimum absolute atomic E-state index is 0.265. The molecule has 5 rings (SSSR count). The number of hydrogen-bond acceptors (Lipinski definition) is 6. The molecule has 0 bridgehead atoms. The fraction of sp³-hybridized carbons (Fsp3) is 0.455. The van der Waals surface area contributed by atoms with Gasteiger partial charge in [0.25, 0.3) is 0 Å². The fourth-order valence-corrected chi connectivity index (χ4v) is 6.22. The van der Waals surface area contributed by atoms with E-state index in [1.807, 2.05) is 17.5 Å². The van der Waals surface area contributed by atoms with Crippen LogP contribution in [0.25, 0.3) is 5.65 Å². The molecule has 7 nitrogen and oxygen atoms in total. The van der Waals surface area contributed by atoms with Gasteiger partial charge in [-0.2, -0.15) is 9.61 Å². The van der Waals surface area contributed by atoms with Crippen LogP contribution in [-0.4, -0.2) is 61.1 Å². The lowest BCUT2D eigenvalue weighted by atomic mass is 10.2. The lowest BCUT2D eigenvalue weighted by Crippen LogP contribution is -2.45. The number of fused-ring (bicyclic) bond motifs is 2. The summed E-state index contributed by atoms with van der Waals surface area (Å²) in [6.45, 7) is 5.73. The summed E-state index contributed by atoms with van der Waals surface area (Å²) >= 11 is 0. The highest BCUT2D eigenvalue weighted by Crippen LogP contribution is 2.36. The molecule has 158 valence electrons. The topological polar surface area (TPSA) is 70.8 Å². The second-order valence-electron chi connectivity index (χ2n) is 8.19. The summed E-state index contributed by atoms with van der Waals surface area (Å²) in [5.41, 5.74) is 3.33. The van der Waals surface area contributed by atoms with E-state index < -0.39 is 9.84 Å². The summed E-state index contributed by atoms with van der Waals surface area (Å²) in [5.74, 6) is 1.05. The van der Waals surface area contributed by atoms with Gasteiger partial charge in [-0.1, -0.05) is 25.1 Å². The van der Waals surface area contributed by atoms with E-state index in [9.17, 15) is 8.42 Å². The highest BCUT2D eigenvalue weighted by atomic mass is 32.2. The standard InChI is InChI=1S/C22H27N5O2S/c1-3-18-20(30(28,29)16-8-5-4-6-9-16)21-23-19-11-7-10-17(19)22(27(21)24-18)26-14-12-25(2)13-15-26/h4-6,8-9H,3,7,10-15H2,1-2H3. The van der Waals surface area contributed by atoms with Crippen molar-refractivity contribution in [3.63, 3.8) is 0 Å². The number of nitrogens with zero attached hydrogens (tertiary/aromatic N) is 5. The zero-order valence-corrected chi connectivity index (χ0v) is 18.3. The lowest BCUT2D eigenvalue weighted by molar-refractivity contribution is 0.311. The van der Waals surface area contributed by atoms with Crippen LogP contribution in [-0.2, 0) is 29.1 Å². The van der Waals surface area contributed by atoms with Gasteiger partial charge in [0.05, 0.1) is 10.6 Å². The van der Waals surface area contributed by atoms with Crippen molar-refractivity contribution in [2.24, 2.45) is 0 Å². The van der Waals surface area contributed by atoms with Gasteiger partial charge in [0.1, 0.15) is 10.7 Å². The maximum absolute atomic E-state index is 13.6. The number of anilines is 1. The molecule has 0 spiro atoms. The molecule has 1 aliphatic heterocycles. The van der Waals surface area contributed by atoms with Crippen LogP contribution in [0.4, 0.5) is 5.82 Å². The van der Waals surface area contributed by atoms with Crippen molar-refractivity contribution >= 4 is 21.3 Å². The molecule has 0 saturated carbocycles. The summed E-state index contributed by atoms with van der Waals surface area (Å²) in [6.07, 6.45) is 3.46. The summed E-state index contributed by atoms with van der Waals surface area (Å²) in [4.78, 5) is 10.1.